The third-order valence-corrected chi connectivity index (χ3v) is 4.51. The molecule has 0 bridgehead atoms. The van der Waals surface area contributed by atoms with Gasteiger partial charge in [0.1, 0.15) is 10.1 Å². The normalized spacial score (nSPS) is 16.1. The van der Waals surface area contributed by atoms with E-state index in [1.54, 1.807) is 37.3 Å². The first kappa shape index (κ1) is 15.7. The molecule has 0 atom stereocenters. The third kappa shape index (κ3) is 4.64. The van der Waals surface area contributed by atoms with E-state index in [0.717, 1.165) is 5.56 Å². The lowest BCUT2D eigenvalue weighted by atomic mass is 10.2. The smallest absolute Gasteiger partial charge is 0.316 e. The van der Waals surface area contributed by atoms with Crippen molar-refractivity contribution in [2.75, 3.05) is 12.4 Å². The van der Waals surface area contributed by atoms with Crippen LogP contribution in [-0.4, -0.2) is 33.7 Å². The lowest BCUT2D eigenvalue weighted by molar-refractivity contribution is -0.139. The van der Waals surface area contributed by atoms with Crippen LogP contribution in [0.4, 0.5) is 0 Å². The van der Waals surface area contributed by atoms with Crippen molar-refractivity contribution >= 4 is 45.9 Å². The van der Waals surface area contributed by atoms with Gasteiger partial charge in [-0.1, -0.05) is 35.7 Å². The molecule has 1 N–H and O–H groups in total. The lowest BCUT2D eigenvalue weighted by Crippen LogP contribution is -2.07. The van der Waals surface area contributed by atoms with Crippen LogP contribution < -0.4 is 0 Å². The summed E-state index contributed by atoms with van der Waals surface area (Å²) < 4.78 is 5.35. The van der Waals surface area contributed by atoms with E-state index >= 15 is 0 Å². The number of amides is 1. The molecule has 7 heteroatoms. The Morgan fingerprint density at radius 2 is 2.14 bits per heavy atom. The summed E-state index contributed by atoms with van der Waals surface area (Å²) in [6.45, 7) is 2.08. The maximum Gasteiger partial charge on any atom is 0.316 e. The Morgan fingerprint density at radius 3 is 2.81 bits per heavy atom. The van der Waals surface area contributed by atoms with Gasteiger partial charge in [-0.25, -0.2) is 0 Å². The molecule has 0 spiro atoms. The van der Waals surface area contributed by atoms with Crippen LogP contribution in [0.1, 0.15) is 12.5 Å². The van der Waals surface area contributed by atoms with Gasteiger partial charge in [0.15, 0.2) is 0 Å². The fourth-order valence-electron chi connectivity index (χ4n) is 1.50. The first-order valence-corrected chi connectivity index (χ1v) is 7.98. The number of thioether (sulfide) groups is 2. The van der Waals surface area contributed by atoms with E-state index in [1.165, 1.54) is 23.5 Å². The minimum absolute atomic E-state index is 0.138. The van der Waals surface area contributed by atoms with Crippen LogP contribution in [0.3, 0.4) is 0 Å². The number of aromatic hydroxyl groups is 1. The second-order valence-electron chi connectivity index (χ2n) is 3.98. The molecule has 0 saturated carbocycles. The average molecular weight is 323 g/mol. The number of rotatable bonds is 4. The van der Waals surface area contributed by atoms with Gasteiger partial charge in [-0.3, -0.25) is 9.59 Å². The number of nitrogens with zero attached hydrogens (tertiary/aromatic N) is 1. The number of aliphatic imine (C=N–C) groups is 1. The maximum absolute atomic E-state index is 11.8. The van der Waals surface area contributed by atoms with Crippen molar-refractivity contribution in [1.29, 1.82) is 0 Å². The molecule has 110 valence electrons. The van der Waals surface area contributed by atoms with Crippen LogP contribution in [0, 0.1) is 0 Å². The van der Waals surface area contributed by atoms with E-state index in [1.807, 2.05) is 0 Å². The Morgan fingerprint density at radius 1 is 1.43 bits per heavy atom. The van der Waals surface area contributed by atoms with Crippen LogP contribution in [-0.2, 0) is 14.3 Å². The van der Waals surface area contributed by atoms with Gasteiger partial charge in [-0.15, -0.1) is 0 Å². The molecule has 1 amide bonds. The van der Waals surface area contributed by atoms with Crippen molar-refractivity contribution in [3.63, 3.8) is 0 Å². The number of phenolic OH excluding ortho intramolecular Hbond substituents is 1. The van der Waals surface area contributed by atoms with Crippen LogP contribution in [0.5, 0.6) is 5.75 Å². The molecule has 0 aliphatic carbocycles. The van der Waals surface area contributed by atoms with E-state index in [0.29, 0.717) is 15.9 Å². The van der Waals surface area contributed by atoms with Gasteiger partial charge < -0.3 is 9.84 Å². The quantitative estimate of drug-likeness (QED) is 0.678. The SMILES string of the molecule is CCOC(=O)CSC1=NC(=O)/C(=C\c2ccc(O)cc2)S1. The van der Waals surface area contributed by atoms with Crippen LogP contribution in [0.25, 0.3) is 6.08 Å². The molecule has 0 fully saturated rings. The number of benzene rings is 1. The zero-order valence-corrected chi connectivity index (χ0v) is 12.9. The predicted octanol–water partition coefficient (Wildman–Crippen LogP) is 2.66. The minimum Gasteiger partial charge on any atom is -0.508 e. The third-order valence-electron chi connectivity index (χ3n) is 2.41. The summed E-state index contributed by atoms with van der Waals surface area (Å²) >= 11 is 2.42. The van der Waals surface area contributed by atoms with Gasteiger partial charge >= 0.3 is 5.97 Å². The molecule has 1 heterocycles. The summed E-state index contributed by atoms with van der Waals surface area (Å²) in [5.74, 6) is -0.336. The molecule has 1 aliphatic rings. The molecular formula is C14H13NO4S2. The summed E-state index contributed by atoms with van der Waals surface area (Å²) in [6.07, 6.45) is 1.70. The molecule has 21 heavy (non-hydrogen) atoms. The van der Waals surface area contributed by atoms with E-state index < -0.39 is 0 Å². The standard InChI is InChI=1S/C14H13NO4S2/c1-2-19-12(17)8-20-14-15-13(18)11(21-14)7-9-3-5-10(16)6-4-9/h3-7,16H,2,8H2,1H3/b11-7+. The first-order chi connectivity index (χ1) is 10.1. The van der Waals surface area contributed by atoms with Gasteiger partial charge in [-0.05, 0) is 30.7 Å². The lowest BCUT2D eigenvalue weighted by Gasteiger charge is -2.00. The number of phenols is 1. The highest BCUT2D eigenvalue weighted by molar-refractivity contribution is 8.41. The van der Waals surface area contributed by atoms with Gasteiger partial charge in [0, 0.05) is 0 Å². The van der Waals surface area contributed by atoms with Gasteiger partial charge in [0.25, 0.3) is 5.91 Å². The van der Waals surface area contributed by atoms with Crippen LogP contribution in [0.2, 0.25) is 0 Å². The molecular weight excluding hydrogens is 310 g/mol. The fraction of sp³-hybridized carbons (Fsp3) is 0.214. The summed E-state index contributed by atoms with van der Waals surface area (Å²) in [4.78, 5) is 27.4. The van der Waals surface area contributed by atoms with E-state index in [9.17, 15) is 14.7 Å². The van der Waals surface area contributed by atoms with Crippen molar-refractivity contribution in [2.24, 2.45) is 4.99 Å². The molecule has 0 aromatic heterocycles. The van der Waals surface area contributed by atoms with E-state index in [4.69, 9.17) is 4.74 Å². The zero-order chi connectivity index (χ0) is 15.2. The average Bonchev–Trinajstić information content (AvgIpc) is 2.80. The zero-order valence-electron chi connectivity index (χ0n) is 11.2. The number of hydrogen-bond donors (Lipinski definition) is 1. The molecule has 0 radical (unpaired) electrons. The summed E-state index contributed by atoms with van der Waals surface area (Å²) in [6, 6.07) is 6.52. The summed E-state index contributed by atoms with van der Waals surface area (Å²) in [5, 5.41) is 9.21. The molecule has 1 aliphatic heterocycles. The van der Waals surface area contributed by atoms with Crippen molar-refractivity contribution in [3.05, 3.63) is 34.7 Å². The molecule has 0 saturated heterocycles. The van der Waals surface area contributed by atoms with Crippen LogP contribution >= 0.6 is 23.5 Å². The number of carbonyl (C=O) groups excluding carboxylic acids is 2. The number of carbonyl (C=O) groups is 2. The molecule has 0 unspecified atom stereocenters. The molecule has 5 nitrogen and oxygen atoms in total. The molecule has 1 aromatic rings. The van der Waals surface area contributed by atoms with Gasteiger partial charge in [-0.2, -0.15) is 4.99 Å². The number of ether oxygens (including phenoxy) is 1. The Bertz CT molecular complexity index is 608. The van der Waals surface area contributed by atoms with Crippen molar-refractivity contribution in [1.82, 2.24) is 0 Å². The van der Waals surface area contributed by atoms with Crippen molar-refractivity contribution in [3.8, 4) is 5.75 Å². The van der Waals surface area contributed by atoms with Crippen molar-refractivity contribution in [2.45, 2.75) is 6.92 Å². The number of esters is 1. The largest absolute Gasteiger partial charge is 0.508 e. The highest BCUT2D eigenvalue weighted by Crippen LogP contribution is 2.33. The fourth-order valence-corrected chi connectivity index (χ4v) is 3.30. The van der Waals surface area contributed by atoms with Gasteiger partial charge in [0.2, 0.25) is 0 Å². The highest BCUT2D eigenvalue weighted by Gasteiger charge is 2.22. The van der Waals surface area contributed by atoms with Gasteiger partial charge in [0.05, 0.1) is 17.3 Å². The molecule has 1 aromatic carbocycles. The Balaban J connectivity index is 1.96. The number of hydrogen-bond acceptors (Lipinski definition) is 6. The highest BCUT2D eigenvalue weighted by atomic mass is 32.2. The van der Waals surface area contributed by atoms with E-state index in [-0.39, 0.29) is 23.4 Å². The second-order valence-corrected chi connectivity index (χ2v) is 6.23. The first-order valence-electron chi connectivity index (χ1n) is 6.18. The summed E-state index contributed by atoms with van der Waals surface area (Å²) in [7, 11) is 0. The second kappa shape index (κ2) is 7.33. The Kier molecular flexibility index (Phi) is 5.46. The Hall–Kier alpha value is -1.73. The minimum atomic E-state index is -0.325. The Labute approximate surface area is 130 Å². The van der Waals surface area contributed by atoms with E-state index in [2.05, 4.69) is 4.99 Å². The monoisotopic (exact) mass is 323 g/mol. The predicted molar refractivity (Wildman–Crippen MR) is 85.2 cm³/mol. The van der Waals surface area contributed by atoms with Crippen molar-refractivity contribution < 1.29 is 19.4 Å². The molecule has 2 rings (SSSR count). The topological polar surface area (TPSA) is 76.0 Å². The summed E-state index contributed by atoms with van der Waals surface area (Å²) in [5.41, 5.74) is 0.801. The maximum atomic E-state index is 11.8. The van der Waals surface area contributed by atoms with Crippen LogP contribution in [0.15, 0.2) is 34.2 Å².